The van der Waals surface area contributed by atoms with Crippen LogP contribution in [-0.2, 0) is 6.54 Å². The number of rotatable bonds is 4. The van der Waals surface area contributed by atoms with E-state index in [0.29, 0.717) is 18.2 Å². The molecule has 3 heterocycles. The molecule has 1 saturated heterocycles. The predicted octanol–water partition coefficient (Wildman–Crippen LogP) is 2.33. The number of fused-ring (bicyclic) bond motifs is 1. The van der Waals surface area contributed by atoms with E-state index in [1.54, 1.807) is 15.3 Å². The molecule has 1 aliphatic heterocycles. The van der Waals surface area contributed by atoms with Crippen molar-refractivity contribution in [3.8, 4) is 0 Å². The van der Waals surface area contributed by atoms with Gasteiger partial charge in [-0.25, -0.2) is 9.48 Å². The van der Waals surface area contributed by atoms with Gasteiger partial charge in [-0.15, -0.1) is 5.10 Å². The fraction of sp³-hybridized carbons (Fsp3) is 0.333. The summed E-state index contributed by atoms with van der Waals surface area (Å²) >= 11 is 0. The predicted molar refractivity (Wildman–Crippen MR) is 89.4 cm³/mol. The molecule has 0 saturated carbocycles. The van der Waals surface area contributed by atoms with E-state index in [-0.39, 0.29) is 5.69 Å². The van der Waals surface area contributed by atoms with Gasteiger partial charge in [0.2, 0.25) is 0 Å². The average Bonchev–Trinajstić information content (AvgIpc) is 3.19. The zero-order chi connectivity index (χ0) is 15.6. The third kappa shape index (κ3) is 2.68. The molecular formula is C18H20N4O. The van der Waals surface area contributed by atoms with Crippen LogP contribution in [0, 0.1) is 0 Å². The van der Waals surface area contributed by atoms with Crippen LogP contribution in [0.25, 0.3) is 5.65 Å². The number of hydrogen-bond donors (Lipinski definition) is 0. The van der Waals surface area contributed by atoms with Gasteiger partial charge in [0, 0.05) is 18.8 Å². The second-order valence-electron chi connectivity index (χ2n) is 6.04. The number of nitrogens with zero attached hydrogens (tertiary/aromatic N) is 4. The summed E-state index contributed by atoms with van der Waals surface area (Å²) in [6.07, 6.45) is 4.16. The summed E-state index contributed by atoms with van der Waals surface area (Å²) in [5.74, 6) is 0. The van der Waals surface area contributed by atoms with Crippen LogP contribution in [0.5, 0.6) is 0 Å². The highest BCUT2D eigenvalue weighted by molar-refractivity contribution is 5.35. The number of benzene rings is 1. The standard InChI is InChI=1S/C18H20N4O/c23-18-21-12-5-4-10-17(21)19-22(18)14-13-20-11-6-9-16(20)15-7-2-1-3-8-15/h1-5,7-8,10,12,16H,6,9,11,13-14H2/t16-/m1/s1. The number of pyridine rings is 1. The van der Waals surface area contributed by atoms with Crippen LogP contribution in [0.15, 0.2) is 59.5 Å². The quantitative estimate of drug-likeness (QED) is 0.743. The molecular weight excluding hydrogens is 288 g/mol. The highest BCUT2D eigenvalue weighted by Gasteiger charge is 2.25. The van der Waals surface area contributed by atoms with Crippen molar-refractivity contribution >= 4 is 5.65 Å². The normalized spacial score (nSPS) is 18.7. The SMILES string of the molecule is O=c1n(CCN2CCC[C@@H]2c2ccccc2)nc2ccccn12. The molecule has 0 radical (unpaired) electrons. The molecule has 3 aromatic rings. The van der Waals surface area contributed by atoms with Gasteiger partial charge in [0.1, 0.15) is 0 Å². The second-order valence-corrected chi connectivity index (χ2v) is 6.04. The van der Waals surface area contributed by atoms with E-state index in [4.69, 9.17) is 0 Å². The van der Waals surface area contributed by atoms with E-state index in [9.17, 15) is 4.79 Å². The third-order valence-corrected chi connectivity index (χ3v) is 4.64. The van der Waals surface area contributed by atoms with Gasteiger partial charge in [-0.05, 0) is 37.1 Å². The van der Waals surface area contributed by atoms with Crippen LogP contribution in [0.2, 0.25) is 0 Å². The average molecular weight is 308 g/mol. The highest BCUT2D eigenvalue weighted by atomic mass is 16.2. The lowest BCUT2D eigenvalue weighted by atomic mass is 10.0. The Kier molecular flexibility index (Phi) is 3.71. The zero-order valence-electron chi connectivity index (χ0n) is 13.0. The van der Waals surface area contributed by atoms with Gasteiger partial charge < -0.3 is 0 Å². The molecule has 0 amide bonds. The molecule has 5 heteroatoms. The van der Waals surface area contributed by atoms with Gasteiger partial charge >= 0.3 is 5.69 Å². The van der Waals surface area contributed by atoms with Gasteiger partial charge in [0.15, 0.2) is 5.65 Å². The summed E-state index contributed by atoms with van der Waals surface area (Å²) in [5, 5.41) is 4.41. The van der Waals surface area contributed by atoms with Crippen molar-refractivity contribution in [1.82, 2.24) is 19.1 Å². The maximum absolute atomic E-state index is 12.3. The largest absolute Gasteiger partial charge is 0.350 e. The Morgan fingerprint density at radius 2 is 1.87 bits per heavy atom. The van der Waals surface area contributed by atoms with Crippen molar-refractivity contribution in [2.75, 3.05) is 13.1 Å². The minimum Gasteiger partial charge on any atom is -0.294 e. The lowest BCUT2D eigenvalue weighted by molar-refractivity contribution is 0.241. The number of aromatic nitrogens is 3. The van der Waals surface area contributed by atoms with Crippen LogP contribution in [0.3, 0.4) is 0 Å². The number of hydrogen-bond acceptors (Lipinski definition) is 3. The third-order valence-electron chi connectivity index (χ3n) is 4.64. The van der Waals surface area contributed by atoms with Crippen LogP contribution in [-0.4, -0.2) is 32.2 Å². The Labute approximate surface area is 134 Å². The van der Waals surface area contributed by atoms with Crippen molar-refractivity contribution in [3.63, 3.8) is 0 Å². The fourth-order valence-corrected chi connectivity index (χ4v) is 3.48. The molecule has 1 atom stereocenters. The lowest BCUT2D eigenvalue weighted by Crippen LogP contribution is -2.31. The molecule has 2 aromatic heterocycles. The van der Waals surface area contributed by atoms with Crippen molar-refractivity contribution in [2.24, 2.45) is 0 Å². The van der Waals surface area contributed by atoms with Crippen molar-refractivity contribution in [2.45, 2.75) is 25.4 Å². The molecule has 23 heavy (non-hydrogen) atoms. The summed E-state index contributed by atoms with van der Waals surface area (Å²) in [6, 6.07) is 16.7. The summed E-state index contributed by atoms with van der Waals surface area (Å²) in [5.41, 5.74) is 2.02. The minimum atomic E-state index is -0.0592. The molecule has 0 unspecified atom stereocenters. The first-order valence-corrected chi connectivity index (χ1v) is 8.16. The molecule has 1 aliphatic rings. The summed E-state index contributed by atoms with van der Waals surface area (Å²) < 4.78 is 3.17. The van der Waals surface area contributed by atoms with Gasteiger partial charge in [0.25, 0.3) is 0 Å². The lowest BCUT2D eigenvalue weighted by Gasteiger charge is -2.24. The molecule has 0 spiro atoms. The number of likely N-dealkylation sites (tertiary alicyclic amines) is 1. The minimum absolute atomic E-state index is 0.0592. The molecule has 0 N–H and O–H groups in total. The Hall–Kier alpha value is -2.40. The first-order chi connectivity index (χ1) is 11.3. The van der Waals surface area contributed by atoms with Crippen LogP contribution >= 0.6 is 0 Å². The summed E-state index contributed by atoms with van der Waals surface area (Å²) in [6.45, 7) is 2.56. The maximum Gasteiger partial charge on any atom is 0.350 e. The molecule has 118 valence electrons. The van der Waals surface area contributed by atoms with E-state index in [1.807, 2.05) is 18.2 Å². The van der Waals surface area contributed by atoms with Crippen LogP contribution in [0.1, 0.15) is 24.4 Å². The fourth-order valence-electron chi connectivity index (χ4n) is 3.48. The molecule has 0 aliphatic carbocycles. The zero-order valence-corrected chi connectivity index (χ0v) is 13.0. The van der Waals surface area contributed by atoms with Crippen molar-refractivity contribution in [1.29, 1.82) is 0 Å². The Morgan fingerprint density at radius 1 is 1.04 bits per heavy atom. The summed E-state index contributed by atoms with van der Waals surface area (Å²) in [7, 11) is 0. The molecule has 0 bridgehead atoms. The van der Waals surface area contributed by atoms with Crippen LogP contribution in [0.4, 0.5) is 0 Å². The van der Waals surface area contributed by atoms with Gasteiger partial charge in [-0.3, -0.25) is 9.30 Å². The van der Waals surface area contributed by atoms with E-state index in [2.05, 4.69) is 40.3 Å². The van der Waals surface area contributed by atoms with E-state index >= 15 is 0 Å². The monoisotopic (exact) mass is 308 g/mol. The first kappa shape index (κ1) is 14.2. The van der Waals surface area contributed by atoms with E-state index < -0.39 is 0 Å². The molecule has 4 rings (SSSR count). The van der Waals surface area contributed by atoms with Gasteiger partial charge in [-0.2, -0.15) is 0 Å². The molecule has 1 fully saturated rings. The first-order valence-electron chi connectivity index (χ1n) is 8.16. The van der Waals surface area contributed by atoms with Gasteiger partial charge in [0.05, 0.1) is 6.54 Å². The highest BCUT2D eigenvalue weighted by Crippen LogP contribution is 2.31. The van der Waals surface area contributed by atoms with Crippen molar-refractivity contribution in [3.05, 3.63) is 70.8 Å². The molecule has 1 aromatic carbocycles. The van der Waals surface area contributed by atoms with Gasteiger partial charge in [-0.1, -0.05) is 36.4 Å². The van der Waals surface area contributed by atoms with Crippen molar-refractivity contribution < 1.29 is 0 Å². The Bertz CT molecular complexity index is 852. The Balaban J connectivity index is 1.51. The smallest absolute Gasteiger partial charge is 0.294 e. The maximum atomic E-state index is 12.3. The van der Waals surface area contributed by atoms with E-state index in [0.717, 1.165) is 13.1 Å². The second kappa shape index (κ2) is 6.01. The summed E-state index contributed by atoms with van der Waals surface area (Å²) in [4.78, 5) is 14.8. The molecule has 5 nitrogen and oxygen atoms in total. The van der Waals surface area contributed by atoms with Crippen LogP contribution < -0.4 is 5.69 Å². The Morgan fingerprint density at radius 3 is 2.70 bits per heavy atom. The van der Waals surface area contributed by atoms with E-state index in [1.165, 1.54) is 18.4 Å². The topological polar surface area (TPSA) is 42.5 Å².